The van der Waals surface area contributed by atoms with Crippen LogP contribution >= 0.6 is 0 Å². The third kappa shape index (κ3) is 2.74. The van der Waals surface area contributed by atoms with Crippen molar-refractivity contribution in [3.05, 3.63) is 52.2 Å². The van der Waals surface area contributed by atoms with Crippen LogP contribution in [0.2, 0.25) is 0 Å². The molecule has 0 atom stereocenters. The highest BCUT2D eigenvalue weighted by molar-refractivity contribution is 5.91. The van der Waals surface area contributed by atoms with Gasteiger partial charge in [0.15, 0.2) is 0 Å². The van der Waals surface area contributed by atoms with E-state index in [9.17, 15) is 4.79 Å². The lowest BCUT2D eigenvalue weighted by atomic mass is 9.88. The molecular formula is C21H24N6O. The molecule has 7 nitrogen and oxygen atoms in total. The molecule has 0 saturated carbocycles. The highest BCUT2D eigenvalue weighted by atomic mass is 16.1. The van der Waals surface area contributed by atoms with E-state index in [4.69, 9.17) is 0 Å². The normalized spacial score (nSPS) is 15.8. The van der Waals surface area contributed by atoms with Crippen molar-refractivity contribution in [2.75, 3.05) is 13.1 Å². The average molecular weight is 376 g/mol. The second-order valence-corrected chi connectivity index (χ2v) is 7.96. The fourth-order valence-corrected chi connectivity index (χ4v) is 4.43. The van der Waals surface area contributed by atoms with E-state index in [2.05, 4.69) is 57.5 Å². The molecule has 28 heavy (non-hydrogen) atoms. The number of benzene rings is 1. The largest absolute Gasteiger partial charge is 0.353 e. The first-order valence-corrected chi connectivity index (χ1v) is 9.91. The van der Waals surface area contributed by atoms with Crippen molar-refractivity contribution in [3.63, 3.8) is 0 Å². The number of aromatic nitrogens is 5. The molecule has 1 fully saturated rings. The van der Waals surface area contributed by atoms with E-state index >= 15 is 0 Å². The van der Waals surface area contributed by atoms with Crippen molar-refractivity contribution in [1.82, 2.24) is 29.9 Å². The molecule has 4 aromatic rings. The van der Waals surface area contributed by atoms with Crippen LogP contribution < -0.4 is 10.9 Å². The summed E-state index contributed by atoms with van der Waals surface area (Å²) >= 11 is 0. The number of nitrogens with one attached hydrogen (secondary N) is 3. The predicted molar refractivity (Wildman–Crippen MR) is 110 cm³/mol. The van der Waals surface area contributed by atoms with Gasteiger partial charge in [-0.1, -0.05) is 19.9 Å². The minimum absolute atomic E-state index is 0.237. The first kappa shape index (κ1) is 17.2. The second-order valence-electron chi connectivity index (χ2n) is 7.96. The first-order chi connectivity index (χ1) is 13.6. The monoisotopic (exact) mass is 376 g/mol. The SMILES string of the molecule is CC(C)c1c(-c2cn3cnnc3c(=O)[nH]2)[nH]c2ccc(C3CCNCC3)cc12. The molecule has 0 unspecified atom stereocenters. The van der Waals surface area contributed by atoms with E-state index in [1.165, 1.54) is 29.4 Å². The quantitative estimate of drug-likeness (QED) is 0.512. The fraction of sp³-hybridized carbons (Fsp3) is 0.381. The Morgan fingerprint density at radius 1 is 1.18 bits per heavy atom. The summed E-state index contributed by atoms with van der Waals surface area (Å²) in [6.45, 7) is 6.55. The van der Waals surface area contributed by atoms with Gasteiger partial charge in [0, 0.05) is 17.1 Å². The van der Waals surface area contributed by atoms with Crippen molar-refractivity contribution in [2.24, 2.45) is 0 Å². The Bertz CT molecular complexity index is 1210. The van der Waals surface area contributed by atoms with Gasteiger partial charge in [0.25, 0.3) is 5.56 Å². The van der Waals surface area contributed by atoms with Gasteiger partial charge in [0.05, 0.1) is 11.4 Å². The van der Waals surface area contributed by atoms with Crippen LogP contribution in [-0.2, 0) is 0 Å². The molecule has 0 radical (unpaired) electrons. The van der Waals surface area contributed by atoms with Crippen LogP contribution in [0.1, 0.15) is 49.7 Å². The van der Waals surface area contributed by atoms with Crippen molar-refractivity contribution in [1.29, 1.82) is 0 Å². The van der Waals surface area contributed by atoms with Crippen molar-refractivity contribution >= 4 is 16.6 Å². The van der Waals surface area contributed by atoms with Crippen LogP contribution in [0.3, 0.4) is 0 Å². The van der Waals surface area contributed by atoms with E-state index in [0.717, 1.165) is 30.0 Å². The molecule has 144 valence electrons. The number of rotatable bonds is 3. The van der Waals surface area contributed by atoms with Crippen LogP contribution in [0.4, 0.5) is 0 Å². The molecule has 3 aromatic heterocycles. The third-order valence-electron chi connectivity index (χ3n) is 5.81. The Labute approximate surface area is 162 Å². The van der Waals surface area contributed by atoms with Crippen LogP contribution in [0, 0.1) is 0 Å². The van der Waals surface area contributed by atoms with Gasteiger partial charge >= 0.3 is 0 Å². The third-order valence-corrected chi connectivity index (χ3v) is 5.81. The Morgan fingerprint density at radius 3 is 2.79 bits per heavy atom. The van der Waals surface area contributed by atoms with E-state index in [0.29, 0.717) is 17.5 Å². The molecule has 1 saturated heterocycles. The molecule has 5 rings (SSSR count). The maximum Gasteiger partial charge on any atom is 0.294 e. The first-order valence-electron chi connectivity index (χ1n) is 9.91. The zero-order valence-electron chi connectivity index (χ0n) is 16.1. The van der Waals surface area contributed by atoms with Crippen LogP contribution in [0.15, 0.2) is 35.5 Å². The number of piperidine rings is 1. The Balaban J connectivity index is 1.69. The summed E-state index contributed by atoms with van der Waals surface area (Å²) in [4.78, 5) is 18.9. The van der Waals surface area contributed by atoms with Gasteiger partial charge < -0.3 is 15.3 Å². The molecule has 1 aromatic carbocycles. The molecule has 3 N–H and O–H groups in total. The lowest BCUT2D eigenvalue weighted by Crippen LogP contribution is -2.26. The summed E-state index contributed by atoms with van der Waals surface area (Å²) in [5.74, 6) is 0.921. The summed E-state index contributed by atoms with van der Waals surface area (Å²) in [6.07, 6.45) is 5.79. The number of aromatic amines is 2. The highest BCUT2D eigenvalue weighted by Crippen LogP contribution is 2.37. The summed E-state index contributed by atoms with van der Waals surface area (Å²) in [7, 11) is 0. The standard InChI is InChI=1S/C21H24N6O/c1-12(2)18-15-9-14(13-5-7-22-8-6-13)3-4-16(15)24-19(18)17-10-27-11-23-26-20(27)21(28)25-17/h3-4,9-13,22,24H,5-8H2,1-2H3,(H,25,28). The van der Waals surface area contributed by atoms with E-state index < -0.39 is 0 Å². The molecule has 4 heterocycles. The van der Waals surface area contributed by atoms with Gasteiger partial charge in [-0.15, -0.1) is 10.2 Å². The maximum absolute atomic E-state index is 12.4. The van der Waals surface area contributed by atoms with Gasteiger partial charge in [0.1, 0.15) is 6.33 Å². The van der Waals surface area contributed by atoms with E-state index in [1.807, 2.05) is 6.20 Å². The number of fused-ring (bicyclic) bond motifs is 2. The number of hydrogen-bond acceptors (Lipinski definition) is 4. The van der Waals surface area contributed by atoms with Gasteiger partial charge in [-0.3, -0.25) is 9.20 Å². The summed E-state index contributed by atoms with van der Waals surface area (Å²) < 4.78 is 1.67. The van der Waals surface area contributed by atoms with Gasteiger partial charge in [-0.05, 0) is 61.0 Å². The molecular weight excluding hydrogens is 352 g/mol. The van der Waals surface area contributed by atoms with Crippen LogP contribution in [-0.4, -0.2) is 37.7 Å². The number of hydrogen-bond donors (Lipinski definition) is 3. The molecule has 1 aliphatic rings. The number of nitrogens with zero attached hydrogens (tertiary/aromatic N) is 3. The minimum atomic E-state index is -0.237. The zero-order valence-corrected chi connectivity index (χ0v) is 16.1. The summed E-state index contributed by atoms with van der Waals surface area (Å²) in [5.41, 5.74) is 5.51. The minimum Gasteiger partial charge on any atom is -0.353 e. The maximum atomic E-state index is 12.4. The van der Waals surface area contributed by atoms with Crippen LogP contribution in [0.5, 0.6) is 0 Å². The predicted octanol–water partition coefficient (Wildman–Crippen LogP) is 3.16. The fourth-order valence-electron chi connectivity index (χ4n) is 4.43. The Morgan fingerprint density at radius 2 is 2.00 bits per heavy atom. The Hall–Kier alpha value is -2.93. The topological polar surface area (TPSA) is 90.9 Å². The van der Waals surface area contributed by atoms with Crippen molar-refractivity contribution < 1.29 is 0 Å². The van der Waals surface area contributed by atoms with Gasteiger partial charge in [0.2, 0.25) is 5.65 Å². The lowest BCUT2D eigenvalue weighted by molar-refractivity contribution is 0.460. The molecule has 0 spiro atoms. The molecule has 0 amide bonds. The van der Waals surface area contributed by atoms with Crippen molar-refractivity contribution in [2.45, 2.75) is 38.5 Å². The smallest absolute Gasteiger partial charge is 0.294 e. The molecule has 1 aliphatic heterocycles. The summed E-state index contributed by atoms with van der Waals surface area (Å²) in [6, 6.07) is 6.77. The van der Waals surface area contributed by atoms with Gasteiger partial charge in [-0.25, -0.2) is 0 Å². The van der Waals surface area contributed by atoms with Crippen molar-refractivity contribution in [3.8, 4) is 11.4 Å². The molecule has 0 aliphatic carbocycles. The Kier molecular flexibility index (Phi) is 4.05. The molecule has 0 bridgehead atoms. The molecule has 7 heteroatoms. The van der Waals surface area contributed by atoms with Crippen LogP contribution in [0.25, 0.3) is 27.9 Å². The lowest BCUT2D eigenvalue weighted by Gasteiger charge is -2.23. The average Bonchev–Trinajstić information content (AvgIpc) is 3.32. The zero-order chi connectivity index (χ0) is 19.3. The highest BCUT2D eigenvalue weighted by Gasteiger charge is 2.21. The second kappa shape index (κ2) is 6.60. The number of H-pyrrole nitrogens is 2. The summed E-state index contributed by atoms with van der Waals surface area (Å²) in [5, 5.41) is 12.4. The van der Waals surface area contributed by atoms with E-state index in [-0.39, 0.29) is 5.56 Å². The van der Waals surface area contributed by atoms with E-state index in [1.54, 1.807) is 10.7 Å². The van der Waals surface area contributed by atoms with Gasteiger partial charge in [-0.2, -0.15) is 0 Å².